The van der Waals surface area contributed by atoms with E-state index in [0.717, 1.165) is 12.8 Å². The molecule has 1 N–H and O–H groups in total. The van der Waals surface area contributed by atoms with E-state index in [2.05, 4.69) is 21.2 Å². The molecule has 1 amide bonds. The van der Waals surface area contributed by atoms with Crippen LogP contribution in [-0.2, 0) is 9.53 Å². The summed E-state index contributed by atoms with van der Waals surface area (Å²) in [6.07, 6.45) is 1.87. The molecule has 0 aliphatic carbocycles. The zero-order valence-corrected chi connectivity index (χ0v) is 14.0. The number of hydrogen-bond acceptors (Lipinski definition) is 4. The van der Waals surface area contributed by atoms with Crippen LogP contribution in [0.1, 0.15) is 37.0 Å². The van der Waals surface area contributed by atoms with Gasteiger partial charge in [-0.15, -0.1) is 0 Å². The molecule has 5 nitrogen and oxygen atoms in total. The Morgan fingerprint density at radius 3 is 2.71 bits per heavy atom. The largest absolute Gasteiger partial charge is 0.497 e. The monoisotopic (exact) mass is 357 g/mol. The van der Waals surface area contributed by atoms with Gasteiger partial charge in [0, 0.05) is 10.5 Å². The van der Waals surface area contributed by atoms with Crippen molar-refractivity contribution in [1.29, 1.82) is 0 Å². The zero-order valence-electron chi connectivity index (χ0n) is 12.4. The van der Waals surface area contributed by atoms with Gasteiger partial charge in [-0.25, -0.2) is 4.79 Å². The summed E-state index contributed by atoms with van der Waals surface area (Å²) < 4.78 is 10.7. The van der Waals surface area contributed by atoms with Crippen molar-refractivity contribution in [1.82, 2.24) is 5.32 Å². The molecule has 1 aromatic carbocycles. The number of amides is 1. The molecule has 0 aliphatic heterocycles. The molecular formula is C15H20BrNO4. The molecule has 0 unspecified atom stereocenters. The third kappa shape index (κ3) is 5.75. The van der Waals surface area contributed by atoms with Crippen molar-refractivity contribution in [2.75, 3.05) is 13.7 Å². The van der Waals surface area contributed by atoms with E-state index in [0.29, 0.717) is 15.8 Å². The average Bonchev–Trinajstić information content (AvgIpc) is 2.45. The summed E-state index contributed by atoms with van der Waals surface area (Å²) in [5, 5.41) is 2.77. The summed E-state index contributed by atoms with van der Waals surface area (Å²) >= 11 is 3.27. The number of carbonyl (C=O) groups is 2. The highest BCUT2D eigenvalue weighted by molar-refractivity contribution is 9.10. The van der Waals surface area contributed by atoms with Crippen molar-refractivity contribution in [3.05, 3.63) is 28.2 Å². The first-order valence-electron chi connectivity index (χ1n) is 6.78. The SMILES string of the molecule is CCC[C@@H](C)NC(=O)COC(=O)c1cc(OC)ccc1Br. The summed E-state index contributed by atoms with van der Waals surface area (Å²) in [4.78, 5) is 23.6. The van der Waals surface area contributed by atoms with E-state index in [1.54, 1.807) is 18.2 Å². The van der Waals surface area contributed by atoms with Gasteiger partial charge in [-0.05, 0) is 47.5 Å². The third-order valence-corrected chi connectivity index (χ3v) is 3.55. The summed E-state index contributed by atoms with van der Waals surface area (Å²) in [6, 6.07) is 5.05. The molecule has 1 aromatic rings. The molecule has 0 bridgehead atoms. The molecule has 0 aromatic heterocycles. The predicted octanol–water partition coefficient (Wildman–Crippen LogP) is 2.92. The van der Waals surface area contributed by atoms with Crippen LogP contribution in [0.2, 0.25) is 0 Å². The molecule has 116 valence electrons. The maximum absolute atomic E-state index is 12.0. The lowest BCUT2D eigenvalue weighted by molar-refractivity contribution is -0.124. The fourth-order valence-corrected chi connectivity index (χ4v) is 2.23. The maximum Gasteiger partial charge on any atom is 0.339 e. The molecule has 21 heavy (non-hydrogen) atoms. The van der Waals surface area contributed by atoms with Gasteiger partial charge in [0.25, 0.3) is 5.91 Å². The zero-order chi connectivity index (χ0) is 15.8. The first-order valence-corrected chi connectivity index (χ1v) is 7.57. The minimum Gasteiger partial charge on any atom is -0.497 e. The molecule has 0 radical (unpaired) electrons. The Morgan fingerprint density at radius 2 is 2.10 bits per heavy atom. The van der Waals surface area contributed by atoms with Crippen LogP contribution in [0.3, 0.4) is 0 Å². The van der Waals surface area contributed by atoms with Crippen LogP contribution < -0.4 is 10.1 Å². The maximum atomic E-state index is 12.0. The van der Waals surface area contributed by atoms with Gasteiger partial charge < -0.3 is 14.8 Å². The second-order valence-corrected chi connectivity index (χ2v) is 5.53. The van der Waals surface area contributed by atoms with Gasteiger partial charge in [0.05, 0.1) is 12.7 Å². The van der Waals surface area contributed by atoms with Crippen LogP contribution in [-0.4, -0.2) is 31.6 Å². The van der Waals surface area contributed by atoms with Crippen molar-refractivity contribution in [2.24, 2.45) is 0 Å². The lowest BCUT2D eigenvalue weighted by Crippen LogP contribution is -2.35. The Labute approximate surface area is 133 Å². The second-order valence-electron chi connectivity index (χ2n) is 4.68. The fourth-order valence-electron chi connectivity index (χ4n) is 1.82. The van der Waals surface area contributed by atoms with Gasteiger partial charge in [-0.3, -0.25) is 4.79 Å². The van der Waals surface area contributed by atoms with Crippen LogP contribution in [0.15, 0.2) is 22.7 Å². The number of benzene rings is 1. The van der Waals surface area contributed by atoms with Crippen molar-refractivity contribution in [2.45, 2.75) is 32.7 Å². The van der Waals surface area contributed by atoms with E-state index in [1.807, 2.05) is 13.8 Å². The molecule has 0 saturated heterocycles. The highest BCUT2D eigenvalue weighted by Gasteiger charge is 2.15. The highest BCUT2D eigenvalue weighted by Crippen LogP contribution is 2.23. The Bertz CT molecular complexity index is 504. The number of ether oxygens (including phenoxy) is 2. The van der Waals surface area contributed by atoms with Crippen molar-refractivity contribution in [3.8, 4) is 5.75 Å². The minimum absolute atomic E-state index is 0.0738. The van der Waals surface area contributed by atoms with E-state index < -0.39 is 5.97 Å². The number of carbonyl (C=O) groups excluding carboxylic acids is 2. The number of esters is 1. The van der Waals surface area contributed by atoms with Crippen LogP contribution in [0.25, 0.3) is 0 Å². The van der Waals surface area contributed by atoms with Gasteiger partial charge >= 0.3 is 5.97 Å². The predicted molar refractivity (Wildman–Crippen MR) is 83.5 cm³/mol. The summed E-state index contributed by atoms with van der Waals surface area (Å²) in [5.41, 5.74) is 0.323. The van der Waals surface area contributed by atoms with Crippen LogP contribution in [0.4, 0.5) is 0 Å². The van der Waals surface area contributed by atoms with Gasteiger partial charge in [-0.1, -0.05) is 13.3 Å². The second kappa shape index (κ2) is 8.67. The molecule has 0 fully saturated rings. The molecule has 0 saturated carbocycles. The van der Waals surface area contributed by atoms with E-state index in [-0.39, 0.29) is 18.6 Å². The standard InChI is InChI=1S/C15H20BrNO4/c1-4-5-10(2)17-14(18)9-21-15(19)12-8-11(20-3)6-7-13(12)16/h6-8,10H,4-5,9H2,1-3H3,(H,17,18)/t10-/m1/s1. The lowest BCUT2D eigenvalue weighted by Gasteiger charge is -2.13. The Hall–Kier alpha value is -1.56. The Balaban J connectivity index is 2.56. The molecule has 1 rings (SSSR count). The summed E-state index contributed by atoms with van der Waals surface area (Å²) in [7, 11) is 1.51. The third-order valence-electron chi connectivity index (χ3n) is 2.86. The topological polar surface area (TPSA) is 64.6 Å². The van der Waals surface area contributed by atoms with E-state index in [1.165, 1.54) is 7.11 Å². The molecule has 0 heterocycles. The minimum atomic E-state index is -0.570. The summed E-state index contributed by atoms with van der Waals surface area (Å²) in [5.74, 6) is -0.325. The normalized spacial score (nSPS) is 11.6. The highest BCUT2D eigenvalue weighted by atomic mass is 79.9. The van der Waals surface area contributed by atoms with Crippen LogP contribution in [0.5, 0.6) is 5.75 Å². The Morgan fingerprint density at radius 1 is 1.38 bits per heavy atom. The molecule has 6 heteroatoms. The molecule has 1 atom stereocenters. The smallest absolute Gasteiger partial charge is 0.339 e. The molecular weight excluding hydrogens is 338 g/mol. The van der Waals surface area contributed by atoms with E-state index in [9.17, 15) is 9.59 Å². The number of hydrogen-bond donors (Lipinski definition) is 1. The van der Waals surface area contributed by atoms with Gasteiger partial charge in [0.15, 0.2) is 6.61 Å². The van der Waals surface area contributed by atoms with E-state index in [4.69, 9.17) is 9.47 Å². The van der Waals surface area contributed by atoms with Gasteiger partial charge in [0.2, 0.25) is 0 Å². The average molecular weight is 358 g/mol. The summed E-state index contributed by atoms with van der Waals surface area (Å²) in [6.45, 7) is 3.67. The number of nitrogens with one attached hydrogen (secondary N) is 1. The van der Waals surface area contributed by atoms with E-state index >= 15 is 0 Å². The first kappa shape index (κ1) is 17.5. The van der Waals surface area contributed by atoms with Crippen molar-refractivity contribution < 1.29 is 19.1 Å². The molecule has 0 aliphatic rings. The van der Waals surface area contributed by atoms with Crippen molar-refractivity contribution >= 4 is 27.8 Å². The van der Waals surface area contributed by atoms with Crippen molar-refractivity contribution in [3.63, 3.8) is 0 Å². The Kier molecular flexibility index (Phi) is 7.22. The number of methoxy groups -OCH3 is 1. The molecule has 0 spiro atoms. The quantitative estimate of drug-likeness (QED) is 0.762. The first-order chi connectivity index (χ1) is 9.97. The number of halogens is 1. The van der Waals surface area contributed by atoms with Gasteiger partial charge in [-0.2, -0.15) is 0 Å². The fraction of sp³-hybridized carbons (Fsp3) is 0.467. The van der Waals surface area contributed by atoms with Crippen LogP contribution >= 0.6 is 15.9 Å². The number of rotatable bonds is 7. The van der Waals surface area contributed by atoms with Crippen LogP contribution in [0, 0.1) is 0 Å². The van der Waals surface area contributed by atoms with Gasteiger partial charge in [0.1, 0.15) is 5.75 Å². The lowest BCUT2D eigenvalue weighted by atomic mass is 10.2.